The molecule has 0 N–H and O–H groups in total. The van der Waals surface area contributed by atoms with Crippen LogP contribution in [-0.2, 0) is 0 Å². The van der Waals surface area contributed by atoms with E-state index >= 15 is 0 Å². The number of rotatable bonds is 6. The number of allylic oxidation sites excluding steroid dienone is 2. The Morgan fingerprint density at radius 3 is 2.34 bits per heavy atom. The average molecular weight is 566 g/mol. The Kier molecular flexibility index (Phi) is 7.11. The van der Waals surface area contributed by atoms with E-state index in [9.17, 15) is 14.9 Å². The lowest BCUT2D eigenvalue weighted by molar-refractivity contribution is -0.384. The lowest BCUT2D eigenvalue weighted by atomic mass is 9.84. The summed E-state index contributed by atoms with van der Waals surface area (Å²) in [5.74, 6) is 1.54. The van der Waals surface area contributed by atoms with Crippen molar-refractivity contribution in [2.45, 2.75) is 25.3 Å². The molecule has 0 fully saturated rings. The summed E-state index contributed by atoms with van der Waals surface area (Å²) < 4.78 is 12.9. The fraction of sp³-hybridized carbons (Fsp3) is 0.188. The standard InChI is InChI=1S/C32H27N3O5S/c1-39-25-13-9-20(10-14-25)17-23-6-4-8-27-29(23)33-32-34(30(27)22-11-15-26(40-2)16-12-22)31(36)28(41-32)19-21-5-3-7-24(18-21)35(37)38/h3,5,7,9-19,30H,4,6,8H2,1-2H3. The van der Waals surface area contributed by atoms with Crippen LogP contribution in [-0.4, -0.2) is 23.7 Å². The molecule has 0 amide bonds. The third-order valence-corrected chi connectivity index (χ3v) is 8.38. The van der Waals surface area contributed by atoms with Gasteiger partial charge in [0.15, 0.2) is 4.80 Å². The van der Waals surface area contributed by atoms with Gasteiger partial charge in [0.1, 0.15) is 11.5 Å². The number of nitrogens with zero attached hydrogens (tertiary/aromatic N) is 3. The molecule has 2 heterocycles. The molecule has 4 aromatic rings. The second-order valence-corrected chi connectivity index (χ2v) is 10.9. The van der Waals surface area contributed by atoms with Crippen molar-refractivity contribution in [1.29, 1.82) is 0 Å². The van der Waals surface area contributed by atoms with Crippen LogP contribution in [0, 0.1) is 10.1 Å². The highest BCUT2D eigenvalue weighted by molar-refractivity contribution is 7.07. The number of non-ortho nitro benzene ring substituents is 1. The van der Waals surface area contributed by atoms with Crippen LogP contribution in [0.4, 0.5) is 5.69 Å². The monoisotopic (exact) mass is 565 g/mol. The zero-order valence-corrected chi connectivity index (χ0v) is 23.4. The first kappa shape index (κ1) is 26.5. The molecule has 1 aliphatic heterocycles. The molecule has 9 heteroatoms. The molecule has 2 aliphatic rings. The van der Waals surface area contributed by atoms with Crippen LogP contribution in [0.15, 0.2) is 99.4 Å². The van der Waals surface area contributed by atoms with Crippen LogP contribution in [0.25, 0.3) is 12.2 Å². The first-order valence-corrected chi connectivity index (χ1v) is 14.0. The summed E-state index contributed by atoms with van der Waals surface area (Å²) >= 11 is 1.30. The second kappa shape index (κ2) is 11.0. The number of benzene rings is 3. The predicted molar refractivity (Wildman–Crippen MR) is 159 cm³/mol. The van der Waals surface area contributed by atoms with Crippen LogP contribution in [0.2, 0.25) is 0 Å². The second-order valence-electron chi connectivity index (χ2n) is 9.88. The summed E-state index contributed by atoms with van der Waals surface area (Å²) in [6.07, 6.45) is 6.52. The normalized spacial score (nSPS) is 17.6. The van der Waals surface area contributed by atoms with Crippen LogP contribution < -0.4 is 24.4 Å². The van der Waals surface area contributed by atoms with E-state index in [1.165, 1.54) is 23.5 Å². The number of thiazole rings is 1. The average Bonchev–Trinajstić information content (AvgIpc) is 3.31. The molecular formula is C32H27N3O5S. The molecule has 206 valence electrons. The lowest BCUT2D eigenvalue weighted by Crippen LogP contribution is -2.39. The minimum absolute atomic E-state index is 0.0218. The first-order valence-electron chi connectivity index (χ1n) is 13.2. The Balaban J connectivity index is 1.54. The Bertz CT molecular complexity index is 1880. The number of fused-ring (bicyclic) bond motifs is 1. The fourth-order valence-corrected chi connectivity index (χ4v) is 6.42. The Hall–Kier alpha value is -4.76. The number of ether oxygens (including phenoxy) is 2. The molecular weight excluding hydrogens is 538 g/mol. The molecule has 1 aliphatic carbocycles. The molecule has 8 nitrogen and oxygen atoms in total. The molecule has 3 aromatic carbocycles. The van der Waals surface area contributed by atoms with Crippen molar-refractivity contribution < 1.29 is 14.4 Å². The van der Waals surface area contributed by atoms with E-state index < -0.39 is 4.92 Å². The van der Waals surface area contributed by atoms with Crippen LogP contribution >= 0.6 is 11.3 Å². The summed E-state index contributed by atoms with van der Waals surface area (Å²) in [5, 5.41) is 11.3. The van der Waals surface area contributed by atoms with Crippen molar-refractivity contribution in [3.8, 4) is 11.5 Å². The molecule has 6 rings (SSSR count). The van der Waals surface area contributed by atoms with Crippen molar-refractivity contribution in [3.05, 3.63) is 136 Å². The number of hydrogen-bond acceptors (Lipinski definition) is 7. The molecule has 1 atom stereocenters. The SMILES string of the molecule is COc1ccc(C=C2CCCC3=C2N=c2sc(=Cc4cccc([N+](=O)[O-])c4)c(=O)n2C3c2ccc(OC)cc2)cc1. The summed E-state index contributed by atoms with van der Waals surface area (Å²) in [6, 6.07) is 21.7. The molecule has 0 saturated carbocycles. The molecule has 0 bridgehead atoms. The van der Waals surface area contributed by atoms with E-state index in [0.717, 1.165) is 58.7 Å². The number of nitro groups is 1. The molecule has 0 saturated heterocycles. The van der Waals surface area contributed by atoms with Gasteiger partial charge < -0.3 is 9.47 Å². The maximum Gasteiger partial charge on any atom is 0.271 e. The smallest absolute Gasteiger partial charge is 0.271 e. The van der Waals surface area contributed by atoms with Gasteiger partial charge >= 0.3 is 0 Å². The van der Waals surface area contributed by atoms with Crippen molar-refractivity contribution in [2.75, 3.05) is 14.2 Å². The largest absolute Gasteiger partial charge is 0.497 e. The molecule has 0 spiro atoms. The third kappa shape index (κ3) is 5.12. The van der Waals surface area contributed by atoms with E-state index in [0.29, 0.717) is 14.9 Å². The van der Waals surface area contributed by atoms with Gasteiger partial charge in [-0.2, -0.15) is 0 Å². The van der Waals surface area contributed by atoms with Gasteiger partial charge in [0.25, 0.3) is 11.2 Å². The van der Waals surface area contributed by atoms with Crippen molar-refractivity contribution in [1.82, 2.24) is 4.57 Å². The van der Waals surface area contributed by atoms with Gasteiger partial charge in [-0.05, 0) is 83.5 Å². The number of aromatic nitrogens is 1. The van der Waals surface area contributed by atoms with Gasteiger partial charge in [0.2, 0.25) is 0 Å². The first-order chi connectivity index (χ1) is 19.9. The summed E-state index contributed by atoms with van der Waals surface area (Å²) in [6.45, 7) is 0. The van der Waals surface area contributed by atoms with Crippen LogP contribution in [0.5, 0.6) is 11.5 Å². The number of hydrogen-bond donors (Lipinski definition) is 0. The Labute approximate surface area is 240 Å². The Morgan fingerprint density at radius 1 is 0.951 bits per heavy atom. The molecule has 1 aromatic heterocycles. The third-order valence-electron chi connectivity index (χ3n) is 7.40. The van der Waals surface area contributed by atoms with E-state index in [1.54, 1.807) is 37.0 Å². The van der Waals surface area contributed by atoms with Gasteiger partial charge in [0.05, 0.1) is 35.4 Å². The van der Waals surface area contributed by atoms with Gasteiger partial charge in [-0.3, -0.25) is 19.5 Å². The molecule has 41 heavy (non-hydrogen) atoms. The van der Waals surface area contributed by atoms with Gasteiger partial charge in [0, 0.05) is 12.1 Å². The minimum Gasteiger partial charge on any atom is -0.497 e. The molecule has 1 unspecified atom stereocenters. The maximum absolute atomic E-state index is 13.9. The van der Waals surface area contributed by atoms with E-state index in [2.05, 4.69) is 6.08 Å². The quantitative estimate of drug-likeness (QED) is 0.230. The zero-order valence-electron chi connectivity index (χ0n) is 22.6. The maximum atomic E-state index is 13.9. The fourth-order valence-electron chi connectivity index (χ4n) is 5.42. The van der Waals surface area contributed by atoms with E-state index in [1.807, 2.05) is 48.5 Å². The summed E-state index contributed by atoms with van der Waals surface area (Å²) in [7, 11) is 3.28. The van der Waals surface area contributed by atoms with Crippen LogP contribution in [0.3, 0.4) is 0 Å². The predicted octanol–water partition coefficient (Wildman–Crippen LogP) is 5.41. The highest BCUT2D eigenvalue weighted by atomic mass is 32.1. The van der Waals surface area contributed by atoms with Gasteiger partial charge in [-0.1, -0.05) is 47.7 Å². The number of methoxy groups -OCH3 is 2. The van der Waals surface area contributed by atoms with Crippen molar-refractivity contribution >= 4 is 29.2 Å². The highest BCUT2D eigenvalue weighted by Gasteiger charge is 2.32. The van der Waals surface area contributed by atoms with Crippen molar-refractivity contribution in [2.24, 2.45) is 4.99 Å². The zero-order chi connectivity index (χ0) is 28.5. The van der Waals surface area contributed by atoms with Gasteiger partial charge in [-0.15, -0.1) is 0 Å². The van der Waals surface area contributed by atoms with Gasteiger partial charge in [-0.25, -0.2) is 4.99 Å². The summed E-state index contributed by atoms with van der Waals surface area (Å²) in [4.78, 5) is 30.5. The minimum atomic E-state index is -0.437. The highest BCUT2D eigenvalue weighted by Crippen LogP contribution is 2.41. The lowest BCUT2D eigenvalue weighted by Gasteiger charge is -2.31. The van der Waals surface area contributed by atoms with E-state index in [-0.39, 0.29) is 17.3 Å². The van der Waals surface area contributed by atoms with Crippen LogP contribution in [0.1, 0.15) is 42.0 Å². The van der Waals surface area contributed by atoms with E-state index in [4.69, 9.17) is 14.5 Å². The molecule has 0 radical (unpaired) electrons. The summed E-state index contributed by atoms with van der Waals surface area (Å²) in [5.41, 5.74) is 5.60. The van der Waals surface area contributed by atoms with Crippen molar-refractivity contribution in [3.63, 3.8) is 0 Å². The number of nitro benzene ring substituents is 1. The topological polar surface area (TPSA) is 96.0 Å². The Morgan fingerprint density at radius 2 is 1.66 bits per heavy atom.